The van der Waals surface area contributed by atoms with Gasteiger partial charge in [0.1, 0.15) is 5.82 Å². The van der Waals surface area contributed by atoms with Gasteiger partial charge in [-0.1, -0.05) is 53.2 Å². The fraction of sp³-hybridized carbons (Fsp3) is 0.250. The molecule has 0 aliphatic carbocycles. The molecule has 0 aliphatic heterocycles. The van der Waals surface area contributed by atoms with Crippen LogP contribution in [0.3, 0.4) is 0 Å². The molecular weight excluding hydrogens is 305 g/mol. The highest BCUT2D eigenvalue weighted by Crippen LogP contribution is 2.21. The van der Waals surface area contributed by atoms with E-state index in [4.69, 9.17) is 5.73 Å². The van der Waals surface area contributed by atoms with E-state index in [2.05, 4.69) is 35.0 Å². The van der Waals surface area contributed by atoms with Crippen molar-refractivity contribution in [1.29, 1.82) is 0 Å². The third kappa shape index (κ3) is 3.64. The molecule has 3 heteroatoms. The van der Waals surface area contributed by atoms with Gasteiger partial charge < -0.3 is 5.73 Å². The highest BCUT2D eigenvalue weighted by molar-refractivity contribution is 9.10. The van der Waals surface area contributed by atoms with E-state index in [1.54, 1.807) is 6.07 Å². The largest absolute Gasteiger partial charge is 0.324 e. The van der Waals surface area contributed by atoms with E-state index in [0.717, 1.165) is 16.5 Å². The predicted molar refractivity (Wildman–Crippen MR) is 80.6 cm³/mol. The molecule has 2 rings (SSSR count). The van der Waals surface area contributed by atoms with Crippen LogP contribution in [-0.4, -0.2) is 0 Å². The lowest BCUT2D eigenvalue weighted by atomic mass is 9.98. The first kappa shape index (κ1) is 14.2. The fourth-order valence-electron chi connectivity index (χ4n) is 2.04. The quantitative estimate of drug-likeness (QED) is 0.887. The average Bonchev–Trinajstić information content (AvgIpc) is 2.42. The summed E-state index contributed by atoms with van der Waals surface area (Å²) >= 11 is 3.25. The van der Waals surface area contributed by atoms with E-state index in [1.807, 2.05) is 18.2 Å². The average molecular weight is 322 g/mol. The summed E-state index contributed by atoms with van der Waals surface area (Å²) in [5.41, 5.74) is 9.12. The predicted octanol–water partition coefficient (Wildman–Crippen LogP) is 4.39. The van der Waals surface area contributed by atoms with Crippen molar-refractivity contribution in [2.24, 2.45) is 5.73 Å². The van der Waals surface area contributed by atoms with Gasteiger partial charge in [-0.25, -0.2) is 4.39 Å². The van der Waals surface area contributed by atoms with Gasteiger partial charge in [-0.05, 0) is 41.7 Å². The van der Waals surface area contributed by atoms with Gasteiger partial charge in [0.2, 0.25) is 0 Å². The Labute approximate surface area is 121 Å². The van der Waals surface area contributed by atoms with Crippen LogP contribution in [0.4, 0.5) is 4.39 Å². The molecule has 19 heavy (non-hydrogen) atoms. The number of nitrogens with two attached hydrogens (primary N) is 1. The van der Waals surface area contributed by atoms with Crippen molar-refractivity contribution in [2.45, 2.75) is 25.8 Å². The number of halogens is 2. The van der Waals surface area contributed by atoms with Crippen LogP contribution < -0.4 is 5.73 Å². The number of rotatable bonds is 4. The molecule has 0 saturated carbocycles. The van der Waals surface area contributed by atoms with Crippen molar-refractivity contribution in [3.05, 3.63) is 69.4 Å². The molecule has 0 heterocycles. The summed E-state index contributed by atoms with van der Waals surface area (Å²) < 4.78 is 14.5. The third-order valence-corrected chi connectivity index (χ3v) is 3.76. The second kappa shape index (κ2) is 6.31. The van der Waals surface area contributed by atoms with Crippen LogP contribution in [-0.2, 0) is 12.8 Å². The minimum atomic E-state index is -0.213. The third-order valence-electron chi connectivity index (χ3n) is 3.27. The van der Waals surface area contributed by atoms with Crippen molar-refractivity contribution in [1.82, 2.24) is 0 Å². The first-order chi connectivity index (χ1) is 9.10. The number of hydrogen-bond donors (Lipinski definition) is 1. The standard InChI is InChI=1S/C16H17BrFN/c1-2-11-3-5-12(6-4-11)16(19)9-13-7-8-14(17)10-15(13)18/h3-8,10,16H,2,9,19H2,1H3. The number of aryl methyl sites for hydroxylation is 1. The molecule has 2 aromatic carbocycles. The maximum atomic E-state index is 13.8. The van der Waals surface area contributed by atoms with Gasteiger partial charge in [0.25, 0.3) is 0 Å². The lowest BCUT2D eigenvalue weighted by Crippen LogP contribution is -2.14. The summed E-state index contributed by atoms with van der Waals surface area (Å²) in [7, 11) is 0. The Bertz CT molecular complexity index is 551. The Kier molecular flexibility index (Phi) is 4.72. The minimum Gasteiger partial charge on any atom is -0.324 e. The summed E-state index contributed by atoms with van der Waals surface area (Å²) in [5.74, 6) is -0.213. The van der Waals surface area contributed by atoms with Crippen molar-refractivity contribution in [3.63, 3.8) is 0 Å². The molecule has 0 bridgehead atoms. The summed E-state index contributed by atoms with van der Waals surface area (Å²) in [6.07, 6.45) is 1.52. The van der Waals surface area contributed by atoms with E-state index >= 15 is 0 Å². The highest BCUT2D eigenvalue weighted by Gasteiger charge is 2.10. The fourth-order valence-corrected chi connectivity index (χ4v) is 2.38. The van der Waals surface area contributed by atoms with Gasteiger partial charge in [0.05, 0.1) is 0 Å². The molecule has 0 radical (unpaired) electrons. The Morgan fingerprint density at radius 1 is 1.16 bits per heavy atom. The molecule has 1 unspecified atom stereocenters. The van der Waals surface area contributed by atoms with Crippen LogP contribution in [0.2, 0.25) is 0 Å². The number of hydrogen-bond acceptors (Lipinski definition) is 1. The Hall–Kier alpha value is -1.19. The molecule has 0 aliphatic rings. The zero-order valence-corrected chi connectivity index (χ0v) is 12.5. The van der Waals surface area contributed by atoms with Crippen LogP contribution in [0.5, 0.6) is 0 Å². The molecule has 1 nitrogen and oxygen atoms in total. The topological polar surface area (TPSA) is 26.0 Å². The summed E-state index contributed by atoms with van der Waals surface area (Å²) in [6, 6.07) is 13.1. The van der Waals surface area contributed by atoms with Crippen LogP contribution in [0.25, 0.3) is 0 Å². The van der Waals surface area contributed by atoms with Crippen LogP contribution in [0.15, 0.2) is 46.9 Å². The normalized spacial score (nSPS) is 12.4. The molecule has 0 saturated heterocycles. The SMILES string of the molecule is CCc1ccc(C(N)Cc2ccc(Br)cc2F)cc1. The molecule has 0 amide bonds. The van der Waals surface area contributed by atoms with Gasteiger partial charge in [-0.3, -0.25) is 0 Å². The van der Waals surface area contributed by atoms with Gasteiger partial charge >= 0.3 is 0 Å². The lowest BCUT2D eigenvalue weighted by molar-refractivity contribution is 0.592. The molecule has 2 N–H and O–H groups in total. The summed E-state index contributed by atoms with van der Waals surface area (Å²) in [5, 5.41) is 0. The molecule has 100 valence electrons. The lowest BCUT2D eigenvalue weighted by Gasteiger charge is -2.13. The van der Waals surface area contributed by atoms with Crippen LogP contribution in [0.1, 0.15) is 29.7 Å². The molecule has 0 spiro atoms. The summed E-state index contributed by atoms with van der Waals surface area (Å²) in [4.78, 5) is 0. The van der Waals surface area contributed by atoms with Crippen LogP contribution in [0, 0.1) is 5.82 Å². The molecule has 2 aromatic rings. The Balaban J connectivity index is 2.13. The first-order valence-electron chi connectivity index (χ1n) is 6.38. The van der Waals surface area contributed by atoms with E-state index < -0.39 is 0 Å². The highest BCUT2D eigenvalue weighted by atomic mass is 79.9. The van der Waals surface area contributed by atoms with Crippen molar-refractivity contribution >= 4 is 15.9 Å². The van der Waals surface area contributed by atoms with Gasteiger partial charge in [0.15, 0.2) is 0 Å². The smallest absolute Gasteiger partial charge is 0.127 e. The summed E-state index contributed by atoms with van der Waals surface area (Å²) in [6.45, 7) is 2.12. The maximum Gasteiger partial charge on any atom is 0.127 e. The first-order valence-corrected chi connectivity index (χ1v) is 7.17. The molecule has 1 atom stereocenters. The van der Waals surface area contributed by atoms with Crippen molar-refractivity contribution in [2.75, 3.05) is 0 Å². The van der Waals surface area contributed by atoms with E-state index in [1.165, 1.54) is 11.6 Å². The van der Waals surface area contributed by atoms with Crippen molar-refractivity contribution < 1.29 is 4.39 Å². The molecule has 0 aromatic heterocycles. The maximum absolute atomic E-state index is 13.8. The van der Waals surface area contributed by atoms with Gasteiger partial charge in [0, 0.05) is 10.5 Å². The Morgan fingerprint density at radius 3 is 2.42 bits per heavy atom. The van der Waals surface area contributed by atoms with E-state index in [-0.39, 0.29) is 11.9 Å². The van der Waals surface area contributed by atoms with Crippen LogP contribution >= 0.6 is 15.9 Å². The Morgan fingerprint density at radius 2 is 1.84 bits per heavy atom. The van der Waals surface area contributed by atoms with Crippen molar-refractivity contribution in [3.8, 4) is 0 Å². The van der Waals surface area contributed by atoms with E-state index in [9.17, 15) is 4.39 Å². The second-order valence-electron chi connectivity index (χ2n) is 4.64. The zero-order valence-electron chi connectivity index (χ0n) is 10.9. The van der Waals surface area contributed by atoms with Gasteiger partial charge in [-0.15, -0.1) is 0 Å². The molecule has 0 fully saturated rings. The number of benzene rings is 2. The second-order valence-corrected chi connectivity index (χ2v) is 5.56. The zero-order chi connectivity index (χ0) is 13.8. The van der Waals surface area contributed by atoms with E-state index in [0.29, 0.717) is 12.0 Å². The molecular formula is C16H17BrFN. The minimum absolute atomic E-state index is 0.179. The van der Waals surface area contributed by atoms with Gasteiger partial charge in [-0.2, -0.15) is 0 Å². The monoisotopic (exact) mass is 321 g/mol.